The molecular weight excluding hydrogens is 114 g/mol. The summed E-state index contributed by atoms with van der Waals surface area (Å²) in [7, 11) is 1.94. The van der Waals surface area contributed by atoms with Crippen molar-refractivity contribution in [2.45, 2.75) is 6.92 Å². The normalized spacial score (nSPS) is 6.78. The van der Waals surface area contributed by atoms with E-state index < -0.39 is 0 Å². The van der Waals surface area contributed by atoms with Crippen molar-refractivity contribution in [2.24, 2.45) is 7.05 Å². The Bertz CT molecular complexity index is 171. The molecule has 3 heteroatoms. The minimum atomic E-state index is 1.43. The first-order chi connectivity index (χ1) is 4.31. The predicted molar refractivity (Wildman–Crippen MR) is 34.5 cm³/mol. The standard InChI is InChI=1S/C4H6N2.C2H3N/c1-6-3-2-5-4-6;1-2-3/h2-4H,1H3;1H3. The maximum Gasteiger partial charge on any atom is 0.0943 e. The summed E-state index contributed by atoms with van der Waals surface area (Å²) in [5.41, 5.74) is 0. The second-order valence-corrected chi connectivity index (χ2v) is 1.45. The number of hydrogen-bond donors (Lipinski definition) is 0. The summed E-state index contributed by atoms with van der Waals surface area (Å²) < 4.78 is 1.89. The quantitative estimate of drug-likeness (QED) is 0.515. The summed E-state index contributed by atoms with van der Waals surface area (Å²) in [6, 6.07) is 1.75. The Hall–Kier alpha value is -1.30. The minimum absolute atomic E-state index is 1.43. The number of nitrogens with zero attached hydrogens (tertiary/aromatic N) is 3. The van der Waals surface area contributed by atoms with Crippen molar-refractivity contribution >= 4 is 0 Å². The number of hydrogen-bond acceptors (Lipinski definition) is 2. The Morgan fingerprint density at radius 2 is 2.22 bits per heavy atom. The molecule has 48 valence electrons. The summed E-state index contributed by atoms with van der Waals surface area (Å²) in [5, 5.41) is 7.32. The minimum Gasteiger partial charge on any atom is -0.341 e. The van der Waals surface area contributed by atoms with E-state index in [9.17, 15) is 0 Å². The zero-order valence-corrected chi connectivity index (χ0v) is 5.57. The first-order valence-electron chi connectivity index (χ1n) is 2.54. The maximum atomic E-state index is 7.32. The number of rotatable bonds is 0. The predicted octanol–water partition coefficient (Wildman–Crippen LogP) is 0.950. The third kappa shape index (κ3) is 4.56. The van der Waals surface area contributed by atoms with Crippen LogP contribution in [0.4, 0.5) is 0 Å². The molecule has 1 aromatic rings. The molecular formula is C6H9N3. The highest BCUT2D eigenvalue weighted by Crippen LogP contribution is 1.73. The van der Waals surface area contributed by atoms with Crippen molar-refractivity contribution in [3.63, 3.8) is 0 Å². The number of nitriles is 1. The molecule has 0 radical (unpaired) electrons. The fourth-order valence-electron chi connectivity index (χ4n) is 0.326. The highest BCUT2D eigenvalue weighted by Gasteiger charge is 1.69. The second kappa shape index (κ2) is 4.85. The Morgan fingerprint density at radius 1 is 1.67 bits per heavy atom. The molecule has 0 saturated heterocycles. The van der Waals surface area contributed by atoms with E-state index in [-0.39, 0.29) is 0 Å². The first kappa shape index (κ1) is 7.70. The lowest BCUT2D eigenvalue weighted by Crippen LogP contribution is -1.76. The van der Waals surface area contributed by atoms with Crippen molar-refractivity contribution in [3.8, 4) is 6.07 Å². The average molecular weight is 123 g/mol. The first-order valence-corrected chi connectivity index (χ1v) is 2.54. The molecule has 0 bridgehead atoms. The molecule has 1 rings (SSSR count). The summed E-state index contributed by atoms with van der Waals surface area (Å²) >= 11 is 0. The molecule has 0 aliphatic carbocycles. The van der Waals surface area contributed by atoms with Gasteiger partial charge in [-0.25, -0.2) is 4.98 Å². The monoisotopic (exact) mass is 123 g/mol. The number of imidazole rings is 1. The molecule has 0 aliphatic rings. The fourth-order valence-corrected chi connectivity index (χ4v) is 0.326. The van der Waals surface area contributed by atoms with E-state index in [0.29, 0.717) is 0 Å². The van der Waals surface area contributed by atoms with Gasteiger partial charge in [0.2, 0.25) is 0 Å². The van der Waals surface area contributed by atoms with Crippen LogP contribution in [0.5, 0.6) is 0 Å². The van der Waals surface area contributed by atoms with E-state index in [0.717, 1.165) is 0 Å². The van der Waals surface area contributed by atoms with Gasteiger partial charge in [0.25, 0.3) is 0 Å². The van der Waals surface area contributed by atoms with Crippen LogP contribution in [-0.4, -0.2) is 9.55 Å². The van der Waals surface area contributed by atoms with E-state index in [4.69, 9.17) is 5.26 Å². The van der Waals surface area contributed by atoms with E-state index in [2.05, 4.69) is 4.98 Å². The summed E-state index contributed by atoms with van der Waals surface area (Å²) in [5.74, 6) is 0. The van der Waals surface area contributed by atoms with Crippen molar-refractivity contribution in [1.29, 1.82) is 5.26 Å². The highest BCUT2D eigenvalue weighted by atomic mass is 15.0. The molecule has 0 saturated carbocycles. The van der Waals surface area contributed by atoms with Crippen molar-refractivity contribution < 1.29 is 0 Å². The van der Waals surface area contributed by atoms with Crippen LogP contribution in [0, 0.1) is 11.3 Å². The Morgan fingerprint density at radius 3 is 2.33 bits per heavy atom. The number of aryl methyl sites for hydroxylation is 1. The molecule has 0 spiro atoms. The molecule has 0 N–H and O–H groups in total. The lowest BCUT2D eigenvalue weighted by molar-refractivity contribution is 0.913. The molecule has 0 aliphatic heterocycles. The summed E-state index contributed by atoms with van der Waals surface area (Å²) in [6.45, 7) is 1.43. The Balaban J connectivity index is 0.000000187. The van der Waals surface area contributed by atoms with Crippen LogP contribution < -0.4 is 0 Å². The van der Waals surface area contributed by atoms with Crippen molar-refractivity contribution in [1.82, 2.24) is 9.55 Å². The van der Waals surface area contributed by atoms with Gasteiger partial charge in [-0.1, -0.05) is 0 Å². The van der Waals surface area contributed by atoms with Gasteiger partial charge in [-0.3, -0.25) is 0 Å². The van der Waals surface area contributed by atoms with Crippen LogP contribution >= 0.6 is 0 Å². The lowest BCUT2D eigenvalue weighted by Gasteiger charge is -1.76. The van der Waals surface area contributed by atoms with Gasteiger partial charge in [-0.2, -0.15) is 5.26 Å². The van der Waals surface area contributed by atoms with Crippen LogP contribution in [0.1, 0.15) is 6.92 Å². The largest absolute Gasteiger partial charge is 0.341 e. The van der Waals surface area contributed by atoms with Gasteiger partial charge in [0.15, 0.2) is 0 Å². The molecule has 0 unspecified atom stereocenters. The van der Waals surface area contributed by atoms with Crippen LogP contribution in [0.25, 0.3) is 0 Å². The SMILES string of the molecule is CC#N.Cn1ccnc1. The molecule has 0 amide bonds. The molecule has 9 heavy (non-hydrogen) atoms. The molecule has 1 heterocycles. The van der Waals surface area contributed by atoms with Gasteiger partial charge in [-0.15, -0.1) is 0 Å². The molecule has 0 aromatic carbocycles. The number of aromatic nitrogens is 2. The van der Waals surface area contributed by atoms with Gasteiger partial charge >= 0.3 is 0 Å². The third-order valence-corrected chi connectivity index (χ3v) is 0.637. The van der Waals surface area contributed by atoms with Gasteiger partial charge < -0.3 is 4.57 Å². The Labute approximate surface area is 54.6 Å². The Kier molecular flexibility index (Phi) is 4.15. The van der Waals surface area contributed by atoms with E-state index >= 15 is 0 Å². The average Bonchev–Trinajstić information content (AvgIpc) is 2.20. The smallest absolute Gasteiger partial charge is 0.0943 e. The molecule has 0 atom stereocenters. The van der Waals surface area contributed by atoms with E-state index in [1.165, 1.54) is 6.92 Å². The van der Waals surface area contributed by atoms with E-state index in [1.807, 2.05) is 17.8 Å². The lowest BCUT2D eigenvalue weighted by atomic mass is 10.9. The third-order valence-electron chi connectivity index (χ3n) is 0.637. The summed E-state index contributed by atoms with van der Waals surface area (Å²) in [4.78, 5) is 3.78. The fraction of sp³-hybridized carbons (Fsp3) is 0.333. The zero-order chi connectivity index (χ0) is 7.11. The zero-order valence-electron chi connectivity index (χ0n) is 5.57. The van der Waals surface area contributed by atoms with Crippen LogP contribution in [-0.2, 0) is 7.05 Å². The maximum absolute atomic E-state index is 7.32. The van der Waals surface area contributed by atoms with E-state index in [1.54, 1.807) is 18.6 Å². The highest BCUT2D eigenvalue weighted by molar-refractivity contribution is 4.70. The topological polar surface area (TPSA) is 41.6 Å². The van der Waals surface area contributed by atoms with Gasteiger partial charge in [0.1, 0.15) is 0 Å². The van der Waals surface area contributed by atoms with Gasteiger partial charge in [0, 0.05) is 26.4 Å². The van der Waals surface area contributed by atoms with Crippen LogP contribution in [0.3, 0.4) is 0 Å². The molecule has 3 nitrogen and oxygen atoms in total. The van der Waals surface area contributed by atoms with Crippen LogP contribution in [0.15, 0.2) is 18.7 Å². The molecule has 0 fully saturated rings. The van der Waals surface area contributed by atoms with Crippen molar-refractivity contribution in [2.75, 3.05) is 0 Å². The van der Waals surface area contributed by atoms with Crippen molar-refractivity contribution in [3.05, 3.63) is 18.7 Å². The summed E-state index contributed by atoms with van der Waals surface area (Å²) in [6.07, 6.45) is 5.39. The van der Waals surface area contributed by atoms with Crippen LogP contribution in [0.2, 0.25) is 0 Å². The molecule has 1 aromatic heterocycles. The second-order valence-electron chi connectivity index (χ2n) is 1.45. The van der Waals surface area contributed by atoms with Gasteiger partial charge in [0.05, 0.1) is 12.4 Å². The van der Waals surface area contributed by atoms with Gasteiger partial charge in [-0.05, 0) is 0 Å².